The summed E-state index contributed by atoms with van der Waals surface area (Å²) in [4.78, 5) is 24.1. The largest absolute Gasteiger partial charge is 0.337 e. The number of rotatable bonds is 3. The van der Waals surface area contributed by atoms with Gasteiger partial charge in [-0.25, -0.2) is 9.37 Å². The molecule has 2 N–H and O–H groups in total. The lowest BCUT2D eigenvalue weighted by Gasteiger charge is -2.07. The average Bonchev–Trinajstić information content (AvgIpc) is 3.05. The van der Waals surface area contributed by atoms with Gasteiger partial charge >= 0.3 is 0 Å². The molecule has 0 fully saturated rings. The van der Waals surface area contributed by atoms with Gasteiger partial charge in [0.05, 0.1) is 17.2 Å². The molecule has 0 spiro atoms. The lowest BCUT2D eigenvalue weighted by atomic mass is 10.1. The Balaban J connectivity index is 1.55. The van der Waals surface area contributed by atoms with Crippen LogP contribution in [0.25, 0.3) is 22.4 Å². The van der Waals surface area contributed by atoms with Crippen molar-refractivity contribution in [2.24, 2.45) is 0 Å². The second kappa shape index (κ2) is 6.40. The second-order valence-electron chi connectivity index (χ2n) is 6.03. The molecule has 128 valence electrons. The highest BCUT2D eigenvalue weighted by Gasteiger charge is 2.09. The first-order valence-electron chi connectivity index (χ1n) is 8.07. The monoisotopic (exact) mass is 346 g/mol. The van der Waals surface area contributed by atoms with Gasteiger partial charge in [-0.2, -0.15) is 0 Å². The topological polar surface area (TPSA) is 70.7 Å². The lowest BCUT2D eigenvalue weighted by Crippen LogP contribution is -2.12. The number of nitrogens with zero attached hydrogens (tertiary/aromatic N) is 2. The van der Waals surface area contributed by atoms with Crippen LogP contribution in [0.2, 0.25) is 0 Å². The Morgan fingerprint density at radius 2 is 1.92 bits per heavy atom. The summed E-state index contributed by atoms with van der Waals surface area (Å²) in [7, 11) is 0. The zero-order valence-electron chi connectivity index (χ0n) is 14.0. The van der Waals surface area contributed by atoms with E-state index in [1.807, 2.05) is 18.2 Å². The smallest absolute Gasteiger partial charge is 0.255 e. The zero-order valence-corrected chi connectivity index (χ0v) is 14.0. The Bertz CT molecular complexity index is 1050. The van der Waals surface area contributed by atoms with Crippen molar-refractivity contribution >= 4 is 22.6 Å². The highest BCUT2D eigenvalue weighted by Crippen LogP contribution is 2.22. The molecule has 1 amide bonds. The quantitative estimate of drug-likeness (QED) is 0.580. The van der Waals surface area contributed by atoms with Crippen molar-refractivity contribution in [2.45, 2.75) is 6.92 Å². The minimum absolute atomic E-state index is 0.288. The van der Waals surface area contributed by atoms with E-state index in [2.05, 4.69) is 20.3 Å². The lowest BCUT2D eigenvalue weighted by molar-refractivity contribution is 0.102. The van der Waals surface area contributed by atoms with Gasteiger partial charge in [-0.15, -0.1) is 0 Å². The number of carbonyl (C=O) groups is 1. The number of halogens is 1. The molecule has 5 nitrogen and oxygen atoms in total. The fraction of sp³-hybridized carbons (Fsp3) is 0.0500. The Kier molecular flexibility index (Phi) is 3.93. The van der Waals surface area contributed by atoms with Crippen LogP contribution in [0.15, 0.2) is 60.9 Å². The summed E-state index contributed by atoms with van der Waals surface area (Å²) in [5.41, 5.74) is 4.20. The van der Waals surface area contributed by atoms with Crippen molar-refractivity contribution in [3.8, 4) is 11.4 Å². The number of nitrogens with one attached hydrogen (secondary N) is 2. The van der Waals surface area contributed by atoms with Crippen LogP contribution >= 0.6 is 0 Å². The van der Waals surface area contributed by atoms with Crippen LogP contribution in [0.4, 0.5) is 10.1 Å². The highest BCUT2D eigenvalue weighted by molar-refractivity contribution is 6.04. The van der Waals surface area contributed by atoms with Crippen LogP contribution in [0.5, 0.6) is 0 Å². The summed E-state index contributed by atoms with van der Waals surface area (Å²) in [5.74, 6) is -0.0494. The van der Waals surface area contributed by atoms with Crippen LogP contribution in [-0.2, 0) is 0 Å². The molecule has 0 aliphatic rings. The Hall–Kier alpha value is -3.54. The molecule has 0 radical (unpaired) electrons. The van der Waals surface area contributed by atoms with E-state index >= 15 is 0 Å². The number of H-pyrrole nitrogens is 1. The van der Waals surface area contributed by atoms with Gasteiger partial charge in [-0.1, -0.05) is 0 Å². The molecule has 2 aromatic heterocycles. The molecule has 4 aromatic rings. The number of carbonyl (C=O) groups excluding carboxylic acids is 1. The second-order valence-corrected chi connectivity index (χ2v) is 6.03. The average molecular weight is 346 g/mol. The number of hydrogen-bond donors (Lipinski definition) is 2. The van der Waals surface area contributed by atoms with E-state index in [1.165, 1.54) is 12.1 Å². The van der Waals surface area contributed by atoms with Gasteiger partial charge in [-0.3, -0.25) is 9.78 Å². The Morgan fingerprint density at radius 1 is 1.12 bits per heavy atom. The van der Waals surface area contributed by atoms with E-state index in [1.54, 1.807) is 37.5 Å². The third-order valence-electron chi connectivity index (χ3n) is 4.00. The number of aromatic amines is 1. The van der Waals surface area contributed by atoms with Crippen molar-refractivity contribution in [1.29, 1.82) is 0 Å². The molecule has 0 saturated carbocycles. The molecule has 6 heteroatoms. The van der Waals surface area contributed by atoms with Crippen LogP contribution < -0.4 is 5.32 Å². The van der Waals surface area contributed by atoms with E-state index in [0.717, 1.165) is 22.4 Å². The summed E-state index contributed by atoms with van der Waals surface area (Å²) >= 11 is 0. The van der Waals surface area contributed by atoms with Gasteiger partial charge < -0.3 is 10.3 Å². The molecular formula is C20H15FN4O. The van der Waals surface area contributed by atoms with Crippen molar-refractivity contribution in [3.05, 3.63) is 77.9 Å². The first-order chi connectivity index (χ1) is 12.6. The molecule has 2 aromatic carbocycles. The molecule has 26 heavy (non-hydrogen) atoms. The maximum Gasteiger partial charge on any atom is 0.255 e. The molecule has 2 heterocycles. The van der Waals surface area contributed by atoms with Crippen LogP contribution in [0.3, 0.4) is 0 Å². The first kappa shape index (κ1) is 16.0. The number of fused-ring (bicyclic) bond motifs is 1. The number of anilines is 1. The first-order valence-corrected chi connectivity index (χ1v) is 8.07. The summed E-state index contributed by atoms with van der Waals surface area (Å²) in [6.45, 7) is 1.75. The SMILES string of the molecule is Cc1cc(F)cc(C(=O)Nc2ccc(-c3nc4ccncc4[nH]3)cc2)c1. The van der Waals surface area contributed by atoms with Gasteiger partial charge in [0, 0.05) is 23.0 Å². The van der Waals surface area contributed by atoms with Crippen molar-refractivity contribution in [3.63, 3.8) is 0 Å². The standard InChI is InChI=1S/C20H15FN4O/c1-12-8-14(10-15(21)9-12)20(26)23-16-4-2-13(3-5-16)19-24-17-6-7-22-11-18(17)25-19/h2-11H,1H3,(H,23,26)(H,24,25). The van der Waals surface area contributed by atoms with Gasteiger partial charge in [0.15, 0.2) is 0 Å². The predicted molar refractivity (Wildman–Crippen MR) is 98.4 cm³/mol. The minimum atomic E-state index is -0.426. The normalized spacial score (nSPS) is 10.8. The number of aryl methyl sites for hydroxylation is 1. The maximum atomic E-state index is 13.5. The zero-order chi connectivity index (χ0) is 18.1. The molecule has 0 aliphatic heterocycles. The fourth-order valence-corrected chi connectivity index (χ4v) is 2.78. The van der Waals surface area contributed by atoms with Crippen LogP contribution in [-0.4, -0.2) is 20.9 Å². The number of benzene rings is 2. The predicted octanol–water partition coefficient (Wildman–Crippen LogP) is 4.32. The van der Waals surface area contributed by atoms with E-state index in [0.29, 0.717) is 11.3 Å². The molecule has 0 unspecified atom stereocenters. The molecule has 0 atom stereocenters. The number of imidazole rings is 1. The Labute approximate surface area is 148 Å². The van der Waals surface area contributed by atoms with E-state index in [4.69, 9.17) is 0 Å². The molecule has 0 aliphatic carbocycles. The summed E-state index contributed by atoms with van der Waals surface area (Å²) < 4.78 is 13.5. The molecule has 4 rings (SSSR count). The fourth-order valence-electron chi connectivity index (χ4n) is 2.78. The van der Waals surface area contributed by atoms with Crippen LogP contribution in [0.1, 0.15) is 15.9 Å². The van der Waals surface area contributed by atoms with Crippen LogP contribution in [0, 0.1) is 12.7 Å². The summed E-state index contributed by atoms with van der Waals surface area (Å²) in [6.07, 6.45) is 3.42. The maximum absolute atomic E-state index is 13.5. The third-order valence-corrected chi connectivity index (χ3v) is 4.00. The van der Waals surface area contributed by atoms with Gasteiger partial charge in [-0.05, 0) is 61.0 Å². The van der Waals surface area contributed by atoms with Crippen molar-refractivity contribution in [2.75, 3.05) is 5.32 Å². The number of hydrogen-bond acceptors (Lipinski definition) is 3. The number of amides is 1. The number of pyridine rings is 1. The highest BCUT2D eigenvalue weighted by atomic mass is 19.1. The third kappa shape index (κ3) is 3.17. The van der Waals surface area contributed by atoms with E-state index in [-0.39, 0.29) is 11.5 Å². The van der Waals surface area contributed by atoms with Gasteiger partial charge in [0.1, 0.15) is 11.6 Å². The molecular weight excluding hydrogens is 331 g/mol. The van der Waals surface area contributed by atoms with Gasteiger partial charge in [0.2, 0.25) is 0 Å². The van der Waals surface area contributed by atoms with Crippen molar-refractivity contribution in [1.82, 2.24) is 15.0 Å². The summed E-state index contributed by atoms with van der Waals surface area (Å²) in [6, 6.07) is 13.4. The molecule has 0 bridgehead atoms. The van der Waals surface area contributed by atoms with Gasteiger partial charge in [0.25, 0.3) is 5.91 Å². The van der Waals surface area contributed by atoms with E-state index < -0.39 is 5.82 Å². The van der Waals surface area contributed by atoms with E-state index in [9.17, 15) is 9.18 Å². The van der Waals surface area contributed by atoms with Crippen molar-refractivity contribution < 1.29 is 9.18 Å². The Morgan fingerprint density at radius 3 is 2.65 bits per heavy atom. The minimum Gasteiger partial charge on any atom is -0.337 e. The number of aromatic nitrogens is 3. The molecule has 0 saturated heterocycles. The summed E-state index contributed by atoms with van der Waals surface area (Å²) in [5, 5.41) is 2.77.